The van der Waals surface area contributed by atoms with Gasteiger partial charge < -0.3 is 20.4 Å². The summed E-state index contributed by atoms with van der Waals surface area (Å²) in [6.45, 7) is 1.88. The molecular formula is C21H38O5. The summed E-state index contributed by atoms with van der Waals surface area (Å²) in [5.74, 6) is -0.739. The number of carbonyl (C=O) groups is 1. The maximum atomic E-state index is 10.5. The molecule has 0 aromatic heterocycles. The highest BCUT2D eigenvalue weighted by molar-refractivity contribution is 5.66. The van der Waals surface area contributed by atoms with Gasteiger partial charge in [-0.3, -0.25) is 4.79 Å². The highest BCUT2D eigenvalue weighted by atomic mass is 16.4. The number of hydrogen-bond donors (Lipinski definition) is 4. The zero-order chi connectivity index (χ0) is 19.6. The molecule has 0 aromatic carbocycles. The largest absolute Gasteiger partial charge is 0.481 e. The highest BCUT2D eigenvalue weighted by Crippen LogP contribution is 2.17. The van der Waals surface area contributed by atoms with Crippen LogP contribution >= 0.6 is 0 Å². The average molecular weight is 371 g/mol. The van der Waals surface area contributed by atoms with Gasteiger partial charge in [0.15, 0.2) is 0 Å². The summed E-state index contributed by atoms with van der Waals surface area (Å²) in [7, 11) is 0. The molecule has 0 saturated heterocycles. The molecule has 0 fully saturated rings. The van der Waals surface area contributed by atoms with Crippen molar-refractivity contribution >= 4 is 5.97 Å². The number of aliphatic carboxylic acids is 1. The summed E-state index contributed by atoms with van der Waals surface area (Å²) in [6.07, 6.45) is 14.6. The first kappa shape index (κ1) is 24.8. The summed E-state index contributed by atoms with van der Waals surface area (Å²) >= 11 is 0. The minimum atomic E-state index is -0.750. The maximum absolute atomic E-state index is 10.5. The Kier molecular flexibility index (Phi) is 16.5. The van der Waals surface area contributed by atoms with Gasteiger partial charge >= 0.3 is 5.97 Å². The molecule has 0 aliphatic rings. The SMILES string of the molecule is CCCCCC(O)C=CC=C(CCCCCCCC(=O)O)CC(O)CO. The van der Waals surface area contributed by atoms with Gasteiger partial charge in [-0.25, -0.2) is 0 Å². The van der Waals surface area contributed by atoms with Crippen LogP contribution in [0.5, 0.6) is 0 Å². The van der Waals surface area contributed by atoms with Gasteiger partial charge in [-0.05, 0) is 32.1 Å². The van der Waals surface area contributed by atoms with E-state index >= 15 is 0 Å². The lowest BCUT2D eigenvalue weighted by Crippen LogP contribution is -2.12. The van der Waals surface area contributed by atoms with E-state index in [4.69, 9.17) is 10.2 Å². The van der Waals surface area contributed by atoms with Crippen molar-refractivity contribution in [1.82, 2.24) is 0 Å². The third kappa shape index (κ3) is 16.3. The lowest BCUT2D eigenvalue weighted by molar-refractivity contribution is -0.137. The zero-order valence-corrected chi connectivity index (χ0v) is 16.3. The summed E-state index contributed by atoms with van der Waals surface area (Å²) in [5, 5.41) is 37.2. The Morgan fingerprint density at radius 1 is 0.962 bits per heavy atom. The monoisotopic (exact) mass is 370 g/mol. The number of carboxylic acids is 1. The fraction of sp³-hybridized carbons (Fsp3) is 0.762. The summed E-state index contributed by atoms with van der Waals surface area (Å²) in [6, 6.07) is 0. The van der Waals surface area contributed by atoms with Gasteiger partial charge in [0.1, 0.15) is 0 Å². The van der Waals surface area contributed by atoms with Crippen molar-refractivity contribution in [3.8, 4) is 0 Å². The van der Waals surface area contributed by atoms with Crippen molar-refractivity contribution in [3.05, 3.63) is 23.8 Å². The van der Waals surface area contributed by atoms with Crippen LogP contribution in [0.3, 0.4) is 0 Å². The first-order valence-corrected chi connectivity index (χ1v) is 10.0. The van der Waals surface area contributed by atoms with Crippen LogP contribution < -0.4 is 0 Å². The topological polar surface area (TPSA) is 98.0 Å². The zero-order valence-electron chi connectivity index (χ0n) is 16.3. The Morgan fingerprint density at radius 2 is 1.62 bits per heavy atom. The van der Waals surface area contributed by atoms with E-state index in [1.54, 1.807) is 6.08 Å². The summed E-state index contributed by atoms with van der Waals surface area (Å²) in [4.78, 5) is 10.5. The van der Waals surface area contributed by atoms with E-state index in [0.717, 1.165) is 69.8 Å². The molecule has 0 spiro atoms. The molecule has 0 aromatic rings. The van der Waals surface area contributed by atoms with Crippen LogP contribution in [-0.2, 0) is 4.79 Å². The van der Waals surface area contributed by atoms with E-state index in [1.807, 2.05) is 12.2 Å². The molecule has 0 bridgehead atoms. The second-order valence-electron chi connectivity index (χ2n) is 6.97. The normalized spacial score (nSPS) is 14.7. The third-order valence-electron chi connectivity index (χ3n) is 4.37. The minimum Gasteiger partial charge on any atom is -0.481 e. The predicted octanol–water partition coefficient (Wildman–Crippen LogP) is 3.97. The average Bonchev–Trinajstić information content (AvgIpc) is 2.60. The molecule has 5 nitrogen and oxygen atoms in total. The summed E-state index contributed by atoms with van der Waals surface area (Å²) in [5.41, 5.74) is 1.06. The first-order valence-electron chi connectivity index (χ1n) is 10.0. The number of aliphatic hydroxyl groups is 3. The van der Waals surface area contributed by atoms with E-state index in [2.05, 4.69) is 6.92 Å². The molecular weight excluding hydrogens is 332 g/mol. The molecule has 0 radical (unpaired) electrons. The van der Waals surface area contributed by atoms with Crippen molar-refractivity contribution in [2.75, 3.05) is 6.61 Å². The number of hydrogen-bond acceptors (Lipinski definition) is 4. The second-order valence-corrected chi connectivity index (χ2v) is 6.97. The van der Waals surface area contributed by atoms with Crippen LogP contribution in [0.1, 0.15) is 84.0 Å². The van der Waals surface area contributed by atoms with Gasteiger partial charge in [0.05, 0.1) is 18.8 Å². The molecule has 4 N–H and O–H groups in total. The molecule has 0 aliphatic heterocycles. The van der Waals surface area contributed by atoms with Crippen molar-refractivity contribution in [2.24, 2.45) is 0 Å². The molecule has 2 unspecified atom stereocenters. The van der Waals surface area contributed by atoms with Gasteiger partial charge in [0.25, 0.3) is 0 Å². The second kappa shape index (κ2) is 17.3. The van der Waals surface area contributed by atoms with E-state index in [0.29, 0.717) is 6.42 Å². The maximum Gasteiger partial charge on any atom is 0.303 e. The third-order valence-corrected chi connectivity index (χ3v) is 4.37. The highest BCUT2D eigenvalue weighted by Gasteiger charge is 2.06. The molecule has 0 saturated carbocycles. The van der Waals surface area contributed by atoms with E-state index < -0.39 is 18.2 Å². The Bertz CT molecular complexity index is 403. The lowest BCUT2D eigenvalue weighted by atomic mass is 10.00. The van der Waals surface area contributed by atoms with Crippen LogP contribution in [0.4, 0.5) is 0 Å². The number of rotatable bonds is 17. The molecule has 5 heteroatoms. The Balaban J connectivity index is 4.23. The van der Waals surface area contributed by atoms with E-state index in [1.165, 1.54) is 0 Å². The summed E-state index contributed by atoms with van der Waals surface area (Å²) < 4.78 is 0. The quantitative estimate of drug-likeness (QED) is 0.229. The van der Waals surface area contributed by atoms with Crippen LogP contribution in [0.2, 0.25) is 0 Å². The van der Waals surface area contributed by atoms with Crippen LogP contribution in [0.25, 0.3) is 0 Å². The van der Waals surface area contributed by atoms with Crippen molar-refractivity contribution in [3.63, 3.8) is 0 Å². The molecule has 2 atom stereocenters. The molecule has 26 heavy (non-hydrogen) atoms. The van der Waals surface area contributed by atoms with Gasteiger partial charge in [-0.2, -0.15) is 0 Å². The number of unbranched alkanes of at least 4 members (excludes halogenated alkanes) is 6. The fourth-order valence-electron chi connectivity index (χ4n) is 2.80. The minimum absolute atomic E-state index is 0.235. The van der Waals surface area contributed by atoms with Gasteiger partial charge in [0, 0.05) is 6.42 Å². The standard InChI is InChI=1S/C21H38O5/c1-2-3-7-13-19(23)14-10-12-18(16-20(24)17-22)11-8-5-4-6-9-15-21(25)26/h10,12,14,19-20,22-24H,2-9,11,13,15-17H2,1H3,(H,25,26). The fourth-order valence-corrected chi connectivity index (χ4v) is 2.80. The predicted molar refractivity (Wildman–Crippen MR) is 105 cm³/mol. The van der Waals surface area contributed by atoms with Crippen molar-refractivity contribution in [1.29, 1.82) is 0 Å². The van der Waals surface area contributed by atoms with Gasteiger partial charge in [-0.1, -0.05) is 69.2 Å². The number of carboxylic acid groups (broad SMARTS) is 1. The smallest absolute Gasteiger partial charge is 0.303 e. The Hall–Kier alpha value is -1.17. The number of allylic oxidation sites excluding steroid dienone is 2. The van der Waals surface area contributed by atoms with Crippen molar-refractivity contribution < 1.29 is 25.2 Å². The molecule has 0 aliphatic carbocycles. The molecule has 0 heterocycles. The van der Waals surface area contributed by atoms with Gasteiger partial charge in [-0.15, -0.1) is 0 Å². The van der Waals surface area contributed by atoms with Crippen LogP contribution in [-0.4, -0.2) is 45.2 Å². The Morgan fingerprint density at radius 3 is 2.23 bits per heavy atom. The van der Waals surface area contributed by atoms with Gasteiger partial charge in [0.2, 0.25) is 0 Å². The molecule has 152 valence electrons. The molecule has 0 rings (SSSR count). The van der Waals surface area contributed by atoms with Crippen LogP contribution in [0, 0.1) is 0 Å². The lowest BCUT2D eigenvalue weighted by Gasteiger charge is -2.11. The van der Waals surface area contributed by atoms with E-state index in [9.17, 15) is 15.0 Å². The first-order chi connectivity index (χ1) is 12.5. The van der Waals surface area contributed by atoms with E-state index in [-0.39, 0.29) is 13.0 Å². The number of aliphatic hydroxyl groups excluding tert-OH is 3. The Labute approximate surface area is 158 Å². The van der Waals surface area contributed by atoms with Crippen molar-refractivity contribution in [2.45, 2.75) is 96.2 Å². The molecule has 0 amide bonds. The van der Waals surface area contributed by atoms with Crippen LogP contribution in [0.15, 0.2) is 23.8 Å².